The SMILES string of the molecule is Cc1cc(-c2cc(C)c(OCC(=O)CC(C)(C)C)c(C(c3ccc(O)cc3)c3cc(-c4ccc(OCC(=O)OC(C)(C)C)c(C)c4)cc(C)c3OCC(=O)OC(C)(C)C)c2)ccc1OCC(=O)OC(C)(C)C. The maximum atomic E-state index is 13.6. The molecule has 1 N–H and O–H groups in total. The minimum atomic E-state index is -0.757. The molecule has 0 aromatic heterocycles. The van der Waals surface area contributed by atoms with Crippen LogP contribution in [0, 0.1) is 33.1 Å². The molecule has 5 aromatic carbocycles. The Kier molecular flexibility index (Phi) is 17.7. The molecular weight excluding hydrogens is 913 g/mol. The number of ketones is 1. The number of esters is 3. The van der Waals surface area contributed by atoms with Crippen molar-refractivity contribution in [2.75, 3.05) is 26.4 Å². The van der Waals surface area contributed by atoms with E-state index < -0.39 is 40.6 Å². The van der Waals surface area contributed by atoms with Crippen molar-refractivity contribution in [2.24, 2.45) is 5.41 Å². The van der Waals surface area contributed by atoms with Crippen molar-refractivity contribution in [3.8, 4) is 51.0 Å². The number of carbonyl (C=O) groups is 4. The lowest BCUT2D eigenvalue weighted by Gasteiger charge is -2.28. The number of phenolic OH excluding ortho intramolecular Hbond substituents is 1. The predicted octanol–water partition coefficient (Wildman–Crippen LogP) is 12.7. The summed E-state index contributed by atoms with van der Waals surface area (Å²) in [6, 6.07) is 26.4. The normalized spacial score (nSPS) is 12.4. The quantitative estimate of drug-likeness (QED) is 0.0505. The third kappa shape index (κ3) is 16.6. The van der Waals surface area contributed by atoms with Crippen LogP contribution in [-0.2, 0) is 33.4 Å². The van der Waals surface area contributed by atoms with E-state index in [1.165, 1.54) is 0 Å². The first-order valence-corrected chi connectivity index (χ1v) is 24.3. The third-order valence-corrected chi connectivity index (χ3v) is 10.9. The predicted molar refractivity (Wildman–Crippen MR) is 280 cm³/mol. The summed E-state index contributed by atoms with van der Waals surface area (Å²) in [5.74, 6) is -0.251. The average molecular weight is 987 g/mol. The Morgan fingerprint density at radius 1 is 0.444 bits per heavy atom. The number of rotatable bonds is 18. The number of phenols is 1. The van der Waals surface area contributed by atoms with E-state index in [2.05, 4.69) is 0 Å². The van der Waals surface area contributed by atoms with Crippen LogP contribution in [-0.4, -0.2) is 72.0 Å². The molecule has 0 spiro atoms. The Balaban J connectivity index is 1.75. The van der Waals surface area contributed by atoms with Crippen molar-refractivity contribution in [1.82, 2.24) is 0 Å². The molecule has 0 bridgehead atoms. The zero-order valence-electron chi connectivity index (χ0n) is 45.1. The molecule has 0 aliphatic carbocycles. The van der Waals surface area contributed by atoms with Crippen molar-refractivity contribution < 1.29 is 57.4 Å². The minimum absolute atomic E-state index is 0.0620. The zero-order valence-corrected chi connectivity index (χ0v) is 45.1. The minimum Gasteiger partial charge on any atom is -0.508 e. The smallest absolute Gasteiger partial charge is 0.344 e. The second kappa shape index (κ2) is 22.7. The lowest BCUT2D eigenvalue weighted by atomic mass is 9.80. The summed E-state index contributed by atoms with van der Waals surface area (Å²) in [5.41, 5.74) is 6.11. The van der Waals surface area contributed by atoms with Crippen LogP contribution in [0.4, 0.5) is 0 Å². The van der Waals surface area contributed by atoms with Crippen molar-refractivity contribution in [3.63, 3.8) is 0 Å². The summed E-state index contributed by atoms with van der Waals surface area (Å²) in [5, 5.41) is 10.7. The molecule has 1 atom stereocenters. The fraction of sp³-hybridized carbons (Fsp3) is 0.433. The average Bonchev–Trinajstić information content (AvgIpc) is 3.23. The molecule has 0 saturated carbocycles. The summed E-state index contributed by atoms with van der Waals surface area (Å²) in [6.45, 7) is 28.8. The van der Waals surface area contributed by atoms with Gasteiger partial charge in [-0.15, -0.1) is 0 Å². The van der Waals surface area contributed by atoms with Crippen molar-refractivity contribution >= 4 is 23.7 Å². The van der Waals surface area contributed by atoms with Gasteiger partial charge in [0.1, 0.15) is 52.2 Å². The van der Waals surface area contributed by atoms with Gasteiger partial charge in [-0.25, -0.2) is 14.4 Å². The first-order valence-electron chi connectivity index (χ1n) is 24.3. The molecule has 0 radical (unpaired) electrons. The molecule has 1 unspecified atom stereocenters. The van der Waals surface area contributed by atoms with Crippen LogP contribution in [0.3, 0.4) is 0 Å². The van der Waals surface area contributed by atoms with Crippen LogP contribution >= 0.6 is 0 Å². The van der Waals surface area contributed by atoms with Gasteiger partial charge in [-0.3, -0.25) is 4.79 Å². The number of carbonyl (C=O) groups excluding carboxylic acids is 4. The Bertz CT molecular complexity index is 2590. The molecule has 72 heavy (non-hydrogen) atoms. The van der Waals surface area contributed by atoms with Gasteiger partial charge in [0.2, 0.25) is 0 Å². The van der Waals surface area contributed by atoms with Crippen LogP contribution < -0.4 is 18.9 Å². The number of benzene rings is 5. The summed E-state index contributed by atoms with van der Waals surface area (Å²) >= 11 is 0. The number of aromatic hydroxyl groups is 1. The van der Waals surface area contributed by atoms with E-state index in [0.717, 1.165) is 44.5 Å². The first-order chi connectivity index (χ1) is 33.3. The van der Waals surface area contributed by atoms with Crippen molar-refractivity contribution in [1.29, 1.82) is 0 Å². The van der Waals surface area contributed by atoms with Crippen molar-refractivity contribution in [3.05, 3.63) is 124 Å². The van der Waals surface area contributed by atoms with Crippen LogP contribution in [0.15, 0.2) is 84.9 Å². The number of Topliss-reactive ketones (excluding diaryl/α,β-unsaturated/α-hetero) is 1. The number of aryl methyl sites for hydroxylation is 4. The number of hydrogen-bond donors (Lipinski definition) is 1. The Hall–Kier alpha value is -6.82. The molecular formula is C60H74O12. The molecule has 0 amide bonds. The third-order valence-electron chi connectivity index (χ3n) is 10.9. The highest BCUT2D eigenvalue weighted by Gasteiger charge is 2.30. The van der Waals surface area contributed by atoms with Gasteiger partial charge in [-0.05, 0) is 206 Å². The highest BCUT2D eigenvalue weighted by Crippen LogP contribution is 2.47. The number of ether oxygens (including phenoxy) is 7. The van der Waals surface area contributed by atoms with E-state index in [0.29, 0.717) is 46.1 Å². The van der Waals surface area contributed by atoms with E-state index in [1.54, 1.807) is 74.4 Å². The van der Waals surface area contributed by atoms with Crippen LogP contribution in [0.25, 0.3) is 22.3 Å². The lowest BCUT2D eigenvalue weighted by Crippen LogP contribution is -2.27. The Morgan fingerprint density at radius 2 is 0.806 bits per heavy atom. The van der Waals surface area contributed by atoms with Crippen LogP contribution in [0.1, 0.15) is 134 Å². The molecule has 0 fully saturated rings. The van der Waals surface area contributed by atoms with Crippen LogP contribution in [0.5, 0.6) is 28.7 Å². The summed E-state index contributed by atoms with van der Waals surface area (Å²) < 4.78 is 41.7. The van der Waals surface area contributed by atoms with E-state index in [4.69, 9.17) is 33.2 Å². The van der Waals surface area contributed by atoms with Gasteiger partial charge in [0, 0.05) is 23.5 Å². The van der Waals surface area contributed by atoms with Gasteiger partial charge in [0.15, 0.2) is 25.6 Å². The second-order valence-corrected chi connectivity index (χ2v) is 22.6. The van der Waals surface area contributed by atoms with E-state index in [9.17, 15) is 24.3 Å². The van der Waals surface area contributed by atoms with Gasteiger partial charge >= 0.3 is 17.9 Å². The Labute approximate surface area is 426 Å². The summed E-state index contributed by atoms with van der Waals surface area (Å²) in [7, 11) is 0. The van der Waals surface area contributed by atoms with Gasteiger partial charge in [-0.1, -0.05) is 45.0 Å². The van der Waals surface area contributed by atoms with Crippen molar-refractivity contribution in [2.45, 2.75) is 140 Å². The monoisotopic (exact) mass is 987 g/mol. The fourth-order valence-corrected chi connectivity index (χ4v) is 8.25. The van der Waals surface area contributed by atoms with E-state index >= 15 is 0 Å². The van der Waals surface area contributed by atoms with Gasteiger partial charge in [0.05, 0.1) is 0 Å². The standard InChI is InChI=1S/C60H74O12/c1-36-25-41(19-23-49(36)66-33-51(63)70-58(8,9)10)43-27-38(3)55(68-32-46(62)31-57(5,6)7)47(29-43)54(40-17-21-45(61)22-18-40)48-30-44(28-39(4)56(48)69-35-53(65)72-60(14,15)16)42-20-24-50(37(2)26-42)67-34-52(64)71-59(11,12)13/h17-30,54,61H,31-35H2,1-16H3. The van der Waals surface area contributed by atoms with Crippen LogP contribution in [0.2, 0.25) is 0 Å². The fourth-order valence-electron chi connectivity index (χ4n) is 8.25. The molecule has 0 aliphatic heterocycles. The molecule has 12 nitrogen and oxygen atoms in total. The lowest BCUT2D eigenvalue weighted by molar-refractivity contribution is -0.158. The van der Waals surface area contributed by atoms with E-state index in [-0.39, 0.29) is 43.4 Å². The zero-order chi connectivity index (χ0) is 53.5. The topological polar surface area (TPSA) is 153 Å². The maximum Gasteiger partial charge on any atom is 0.344 e. The molecule has 5 rings (SSSR count). The number of hydrogen-bond acceptors (Lipinski definition) is 12. The highest BCUT2D eigenvalue weighted by molar-refractivity contribution is 5.81. The second-order valence-electron chi connectivity index (χ2n) is 22.6. The molecule has 386 valence electrons. The molecule has 0 aliphatic rings. The highest BCUT2D eigenvalue weighted by atomic mass is 16.6. The van der Waals surface area contributed by atoms with Gasteiger partial charge in [-0.2, -0.15) is 0 Å². The summed E-state index contributed by atoms with van der Waals surface area (Å²) in [6.07, 6.45) is 0.302. The maximum absolute atomic E-state index is 13.6. The molecule has 5 aromatic rings. The van der Waals surface area contributed by atoms with Gasteiger partial charge in [0.25, 0.3) is 0 Å². The first kappa shape index (κ1) is 56.1. The van der Waals surface area contributed by atoms with Gasteiger partial charge < -0.3 is 38.3 Å². The summed E-state index contributed by atoms with van der Waals surface area (Å²) in [4.78, 5) is 52.0. The largest absolute Gasteiger partial charge is 0.508 e. The van der Waals surface area contributed by atoms with E-state index in [1.807, 2.05) is 121 Å². The molecule has 0 saturated heterocycles. The molecule has 12 heteroatoms. The molecule has 0 heterocycles. The Morgan fingerprint density at radius 3 is 1.17 bits per heavy atom.